The molecular formula is C14H13FN2S2. The summed E-state index contributed by atoms with van der Waals surface area (Å²) in [5.74, 6) is -0.240. The lowest BCUT2D eigenvalue weighted by Crippen LogP contribution is -1.98. The maximum Gasteiger partial charge on any atom is 0.184 e. The molecule has 3 aromatic rings. The lowest BCUT2D eigenvalue weighted by Gasteiger charge is -2.02. The summed E-state index contributed by atoms with van der Waals surface area (Å²) in [5, 5.41) is 6.28. The number of aryl methyl sites for hydroxylation is 1. The first-order chi connectivity index (χ1) is 9.26. The van der Waals surface area contributed by atoms with Crippen molar-refractivity contribution in [3.63, 3.8) is 0 Å². The smallest absolute Gasteiger partial charge is 0.184 e. The summed E-state index contributed by atoms with van der Waals surface area (Å²) >= 11 is 3.31. The van der Waals surface area contributed by atoms with Crippen molar-refractivity contribution in [2.24, 2.45) is 0 Å². The van der Waals surface area contributed by atoms with Crippen molar-refractivity contribution < 1.29 is 4.39 Å². The van der Waals surface area contributed by atoms with Crippen LogP contribution in [0.25, 0.3) is 10.2 Å². The molecule has 0 bridgehead atoms. The molecule has 0 amide bonds. The summed E-state index contributed by atoms with van der Waals surface area (Å²) in [6, 6.07) is 6.88. The number of thiazole rings is 1. The number of rotatable bonds is 4. The molecule has 0 radical (unpaired) electrons. The van der Waals surface area contributed by atoms with Crippen molar-refractivity contribution in [1.29, 1.82) is 0 Å². The molecule has 1 N–H and O–H groups in total. The van der Waals surface area contributed by atoms with Gasteiger partial charge in [0, 0.05) is 10.9 Å². The van der Waals surface area contributed by atoms with Crippen LogP contribution < -0.4 is 5.32 Å². The summed E-state index contributed by atoms with van der Waals surface area (Å²) in [6.07, 6.45) is 1.05. The second-order valence-electron chi connectivity index (χ2n) is 4.21. The first-order valence-electron chi connectivity index (χ1n) is 6.11. The van der Waals surface area contributed by atoms with Crippen molar-refractivity contribution in [2.45, 2.75) is 19.9 Å². The topological polar surface area (TPSA) is 24.9 Å². The molecule has 0 aliphatic carbocycles. The maximum absolute atomic E-state index is 13.1. The zero-order chi connectivity index (χ0) is 13.2. The number of benzene rings is 1. The molecular weight excluding hydrogens is 279 g/mol. The molecule has 3 rings (SSSR count). The van der Waals surface area contributed by atoms with Crippen molar-refractivity contribution in [3.05, 3.63) is 45.9 Å². The second-order valence-corrected chi connectivity index (χ2v) is 6.24. The summed E-state index contributed by atoms with van der Waals surface area (Å²) in [7, 11) is 0. The molecule has 0 spiro atoms. The number of aromatic nitrogens is 1. The standard InChI is InChI=1S/C14H13FN2S2/c1-2-9-5-6-18-13(9)8-16-14-17-11-7-10(15)3-4-12(11)19-14/h3-7H,2,8H2,1H3,(H,16,17). The first-order valence-corrected chi connectivity index (χ1v) is 7.81. The number of thiophene rings is 1. The Hall–Kier alpha value is -1.46. The zero-order valence-corrected chi connectivity index (χ0v) is 12.1. The van der Waals surface area contributed by atoms with Crippen LogP contribution in [0.3, 0.4) is 0 Å². The van der Waals surface area contributed by atoms with Gasteiger partial charge in [-0.3, -0.25) is 0 Å². The third-order valence-corrected chi connectivity index (χ3v) is 4.93. The van der Waals surface area contributed by atoms with Gasteiger partial charge in [0.2, 0.25) is 0 Å². The average molecular weight is 292 g/mol. The molecule has 19 heavy (non-hydrogen) atoms. The minimum absolute atomic E-state index is 0.240. The number of hydrogen-bond acceptors (Lipinski definition) is 4. The Morgan fingerprint density at radius 2 is 2.21 bits per heavy atom. The Kier molecular flexibility index (Phi) is 3.48. The number of anilines is 1. The molecule has 0 aliphatic rings. The third-order valence-electron chi connectivity index (χ3n) is 2.97. The second kappa shape index (κ2) is 5.27. The van der Waals surface area contributed by atoms with Gasteiger partial charge in [0.1, 0.15) is 5.82 Å². The van der Waals surface area contributed by atoms with E-state index in [0.29, 0.717) is 0 Å². The molecule has 2 aromatic heterocycles. The van der Waals surface area contributed by atoms with Crippen molar-refractivity contribution in [1.82, 2.24) is 4.98 Å². The van der Waals surface area contributed by atoms with E-state index in [0.717, 1.165) is 28.3 Å². The molecule has 0 atom stereocenters. The number of nitrogens with zero attached hydrogens (tertiary/aromatic N) is 1. The van der Waals surface area contributed by atoms with E-state index < -0.39 is 0 Å². The monoisotopic (exact) mass is 292 g/mol. The molecule has 2 nitrogen and oxygen atoms in total. The number of hydrogen-bond donors (Lipinski definition) is 1. The fourth-order valence-corrected chi connectivity index (χ4v) is 3.73. The fraction of sp³-hybridized carbons (Fsp3) is 0.214. The predicted octanol–water partition coefficient (Wildman–Crippen LogP) is 4.67. The van der Waals surface area contributed by atoms with Gasteiger partial charge in [-0.1, -0.05) is 18.3 Å². The van der Waals surface area contributed by atoms with Crippen LogP contribution in [0.15, 0.2) is 29.6 Å². The number of halogens is 1. The highest BCUT2D eigenvalue weighted by molar-refractivity contribution is 7.22. The number of fused-ring (bicyclic) bond motifs is 1. The van der Waals surface area contributed by atoms with Crippen LogP contribution in [0, 0.1) is 5.82 Å². The molecule has 5 heteroatoms. The van der Waals surface area contributed by atoms with Crippen LogP contribution >= 0.6 is 22.7 Å². The van der Waals surface area contributed by atoms with E-state index in [1.807, 2.05) is 0 Å². The molecule has 0 saturated carbocycles. The molecule has 0 fully saturated rings. The molecule has 98 valence electrons. The predicted molar refractivity (Wildman–Crippen MR) is 80.6 cm³/mol. The van der Waals surface area contributed by atoms with E-state index in [1.54, 1.807) is 28.7 Å². The van der Waals surface area contributed by atoms with Crippen LogP contribution in [-0.2, 0) is 13.0 Å². The SMILES string of the molecule is CCc1ccsc1CNc1nc2cc(F)ccc2s1. The Balaban J connectivity index is 1.78. The van der Waals surface area contributed by atoms with Gasteiger partial charge in [-0.05, 0) is 35.6 Å². The Labute approximate surface area is 118 Å². The van der Waals surface area contributed by atoms with Crippen LogP contribution in [0.2, 0.25) is 0 Å². The van der Waals surface area contributed by atoms with E-state index in [2.05, 4.69) is 28.7 Å². The van der Waals surface area contributed by atoms with E-state index in [-0.39, 0.29) is 5.82 Å². The maximum atomic E-state index is 13.1. The summed E-state index contributed by atoms with van der Waals surface area (Å²) in [4.78, 5) is 5.74. The largest absolute Gasteiger partial charge is 0.357 e. The quantitative estimate of drug-likeness (QED) is 0.755. The lowest BCUT2D eigenvalue weighted by molar-refractivity contribution is 0.629. The Morgan fingerprint density at radius 3 is 3.05 bits per heavy atom. The minimum Gasteiger partial charge on any atom is -0.357 e. The van der Waals surface area contributed by atoms with Gasteiger partial charge in [-0.25, -0.2) is 9.37 Å². The highest BCUT2D eigenvalue weighted by Crippen LogP contribution is 2.27. The van der Waals surface area contributed by atoms with Crippen molar-refractivity contribution in [3.8, 4) is 0 Å². The van der Waals surface area contributed by atoms with Crippen LogP contribution in [-0.4, -0.2) is 4.98 Å². The van der Waals surface area contributed by atoms with Gasteiger partial charge < -0.3 is 5.32 Å². The van der Waals surface area contributed by atoms with E-state index in [9.17, 15) is 4.39 Å². The van der Waals surface area contributed by atoms with E-state index in [4.69, 9.17) is 0 Å². The third kappa shape index (κ3) is 2.62. The highest BCUT2D eigenvalue weighted by Gasteiger charge is 2.06. The van der Waals surface area contributed by atoms with Crippen LogP contribution in [0.1, 0.15) is 17.4 Å². The first kappa shape index (κ1) is 12.6. The zero-order valence-electron chi connectivity index (χ0n) is 10.4. The van der Waals surface area contributed by atoms with Crippen molar-refractivity contribution >= 4 is 38.0 Å². The van der Waals surface area contributed by atoms with Crippen molar-refractivity contribution in [2.75, 3.05) is 5.32 Å². The molecule has 0 aliphatic heterocycles. The van der Waals surface area contributed by atoms with Gasteiger partial charge in [-0.2, -0.15) is 0 Å². The fourth-order valence-electron chi connectivity index (χ4n) is 1.97. The summed E-state index contributed by atoms with van der Waals surface area (Å²) < 4.78 is 14.1. The molecule has 2 heterocycles. The van der Waals surface area contributed by atoms with Crippen LogP contribution in [0.5, 0.6) is 0 Å². The van der Waals surface area contributed by atoms with Gasteiger partial charge >= 0.3 is 0 Å². The van der Waals surface area contributed by atoms with Gasteiger partial charge in [0.05, 0.1) is 16.8 Å². The minimum atomic E-state index is -0.240. The van der Waals surface area contributed by atoms with E-state index in [1.165, 1.54) is 22.6 Å². The number of nitrogens with one attached hydrogen (secondary N) is 1. The Bertz CT molecular complexity index is 702. The van der Waals surface area contributed by atoms with Crippen LogP contribution in [0.4, 0.5) is 9.52 Å². The van der Waals surface area contributed by atoms with E-state index >= 15 is 0 Å². The molecule has 0 saturated heterocycles. The Morgan fingerprint density at radius 1 is 1.32 bits per heavy atom. The molecule has 1 aromatic carbocycles. The van der Waals surface area contributed by atoms with Gasteiger partial charge in [0.15, 0.2) is 5.13 Å². The summed E-state index contributed by atoms with van der Waals surface area (Å²) in [6.45, 7) is 2.94. The lowest BCUT2D eigenvalue weighted by atomic mass is 10.2. The normalized spacial score (nSPS) is 11.1. The molecule has 0 unspecified atom stereocenters. The summed E-state index contributed by atoms with van der Waals surface area (Å²) in [5.41, 5.74) is 2.10. The van der Waals surface area contributed by atoms with Gasteiger partial charge in [0.25, 0.3) is 0 Å². The highest BCUT2D eigenvalue weighted by atomic mass is 32.1. The van der Waals surface area contributed by atoms with Gasteiger partial charge in [-0.15, -0.1) is 11.3 Å². The average Bonchev–Trinajstić information content (AvgIpc) is 3.01.